The van der Waals surface area contributed by atoms with Crippen molar-refractivity contribution < 1.29 is 38.3 Å². The van der Waals surface area contributed by atoms with Crippen molar-refractivity contribution in [2.75, 3.05) is 18.0 Å². The first kappa shape index (κ1) is 22.0. The summed E-state index contributed by atoms with van der Waals surface area (Å²) in [6.07, 6.45) is 0.957. The number of pyridine rings is 1. The second kappa shape index (κ2) is 8.03. The zero-order valence-electron chi connectivity index (χ0n) is 16.4. The van der Waals surface area contributed by atoms with Crippen LogP contribution in [0.25, 0.3) is 16.6 Å². The Kier molecular flexibility index (Phi) is 5.51. The largest absolute Gasteiger partial charge is 0.524 e. The number of aromatic nitrogens is 1. The van der Waals surface area contributed by atoms with Crippen molar-refractivity contribution in [1.29, 1.82) is 0 Å². The number of fused-ring (bicyclic) bond motifs is 1. The molecule has 4 N–H and O–H groups in total. The van der Waals surface area contributed by atoms with Crippen LogP contribution in [0.4, 0.5) is 10.1 Å². The number of carboxylic acids is 1. The molecule has 0 spiro atoms. The number of nitrogens with zero attached hydrogens (tertiary/aromatic N) is 2. The third-order valence-corrected chi connectivity index (χ3v) is 5.59. The predicted octanol–water partition coefficient (Wildman–Crippen LogP) is 1.87. The lowest BCUT2D eigenvalue weighted by molar-refractivity contribution is 0.0695. The molecule has 1 fully saturated rings. The highest BCUT2D eigenvalue weighted by Gasteiger charge is 2.25. The Morgan fingerprint density at radius 1 is 1.19 bits per heavy atom. The lowest BCUT2D eigenvalue weighted by Gasteiger charge is -2.21. The van der Waals surface area contributed by atoms with Crippen LogP contribution in [-0.4, -0.2) is 49.7 Å². The second-order valence-electron chi connectivity index (χ2n) is 7.33. The van der Waals surface area contributed by atoms with Gasteiger partial charge in [0.05, 0.1) is 17.3 Å². The van der Waals surface area contributed by atoms with Gasteiger partial charge >= 0.3 is 13.8 Å². The molecule has 1 aliphatic rings. The summed E-state index contributed by atoms with van der Waals surface area (Å²) in [4.78, 5) is 43.8. The fraction of sp³-hybridized carbons (Fsp3) is 0.200. The van der Waals surface area contributed by atoms with Crippen molar-refractivity contribution in [1.82, 2.24) is 4.57 Å². The molecule has 2 aromatic carbocycles. The van der Waals surface area contributed by atoms with E-state index >= 15 is 0 Å². The van der Waals surface area contributed by atoms with Crippen LogP contribution in [0.5, 0.6) is 5.75 Å². The maximum absolute atomic E-state index is 14.8. The number of carbonyl (C=O) groups is 1. The molecule has 1 atom stereocenters. The lowest BCUT2D eigenvalue weighted by atomic mass is 10.1. The SMILES string of the molecule is O=C(O)c1cn(-c2ccc(OP(=O)(O)O)cc2)c2cc(N3CCC(O)C3)c(F)cc2c1=O. The fourth-order valence-electron chi connectivity index (χ4n) is 3.71. The molecule has 1 unspecified atom stereocenters. The van der Waals surface area contributed by atoms with Gasteiger partial charge in [0.2, 0.25) is 5.43 Å². The van der Waals surface area contributed by atoms with Gasteiger partial charge in [0, 0.05) is 30.4 Å². The second-order valence-corrected chi connectivity index (χ2v) is 8.50. The highest BCUT2D eigenvalue weighted by atomic mass is 31.2. The Bertz CT molecular complexity index is 1320. The van der Waals surface area contributed by atoms with Crippen LogP contribution in [0.1, 0.15) is 16.8 Å². The molecule has 32 heavy (non-hydrogen) atoms. The molecule has 12 heteroatoms. The number of halogens is 1. The smallest absolute Gasteiger partial charge is 0.477 e. The lowest BCUT2D eigenvalue weighted by Crippen LogP contribution is -2.23. The number of phosphoric acid groups is 1. The number of anilines is 1. The first-order chi connectivity index (χ1) is 15.0. The average Bonchev–Trinajstić information content (AvgIpc) is 3.13. The van der Waals surface area contributed by atoms with Gasteiger partial charge in [0.15, 0.2) is 0 Å². The summed E-state index contributed by atoms with van der Waals surface area (Å²) in [5.41, 5.74) is -0.698. The summed E-state index contributed by atoms with van der Waals surface area (Å²) in [7, 11) is -4.76. The number of β-amino-alcohol motifs (C(OH)–C–C–N with tert-alkyl or cyclic N) is 1. The van der Waals surface area contributed by atoms with Crippen LogP contribution in [0.3, 0.4) is 0 Å². The van der Waals surface area contributed by atoms with Gasteiger partial charge in [0.1, 0.15) is 17.1 Å². The summed E-state index contributed by atoms with van der Waals surface area (Å²) in [6, 6.07) is 7.73. The van der Waals surface area contributed by atoms with Gasteiger partial charge in [-0.2, -0.15) is 0 Å². The van der Waals surface area contributed by atoms with Crippen molar-refractivity contribution in [3.63, 3.8) is 0 Å². The summed E-state index contributed by atoms with van der Waals surface area (Å²) >= 11 is 0. The number of aliphatic hydroxyl groups excluding tert-OH is 1. The first-order valence-electron chi connectivity index (χ1n) is 9.44. The molecule has 0 bridgehead atoms. The molecule has 0 radical (unpaired) electrons. The van der Waals surface area contributed by atoms with Crippen molar-refractivity contribution in [2.24, 2.45) is 0 Å². The molecule has 0 amide bonds. The van der Waals surface area contributed by atoms with Gasteiger partial charge in [-0.3, -0.25) is 14.6 Å². The molecule has 4 rings (SSSR count). The van der Waals surface area contributed by atoms with E-state index in [-0.39, 0.29) is 28.9 Å². The Morgan fingerprint density at radius 2 is 1.88 bits per heavy atom. The van der Waals surface area contributed by atoms with E-state index in [1.165, 1.54) is 34.9 Å². The third kappa shape index (κ3) is 4.23. The highest BCUT2D eigenvalue weighted by Crippen LogP contribution is 2.38. The van der Waals surface area contributed by atoms with E-state index in [2.05, 4.69) is 4.52 Å². The van der Waals surface area contributed by atoms with Crippen LogP contribution >= 0.6 is 7.82 Å². The molecular formula is C20H18FN2O8P. The fourth-order valence-corrected chi connectivity index (χ4v) is 4.10. The first-order valence-corrected chi connectivity index (χ1v) is 11.0. The number of aliphatic hydroxyl groups is 1. The predicted molar refractivity (Wildman–Crippen MR) is 112 cm³/mol. The van der Waals surface area contributed by atoms with Crippen LogP contribution in [0.15, 0.2) is 47.4 Å². The minimum atomic E-state index is -4.76. The van der Waals surface area contributed by atoms with Gasteiger partial charge in [0.25, 0.3) is 0 Å². The number of aromatic carboxylic acids is 1. The Morgan fingerprint density at radius 3 is 2.44 bits per heavy atom. The van der Waals surface area contributed by atoms with E-state index in [0.29, 0.717) is 18.7 Å². The molecule has 10 nitrogen and oxygen atoms in total. The Balaban J connectivity index is 1.91. The van der Waals surface area contributed by atoms with Crippen LogP contribution < -0.4 is 14.9 Å². The standard InChI is InChI=1S/C20H18FN2O8P/c21-16-7-14-17(8-18(16)22-6-5-12(24)9-22)23(10-15(19(14)25)20(26)27)11-1-3-13(4-2-11)31-32(28,29)30/h1-4,7-8,10,12,24H,5-6,9H2,(H,26,27)(H2,28,29,30). The monoisotopic (exact) mass is 464 g/mol. The minimum absolute atomic E-state index is 0.122. The van der Waals surface area contributed by atoms with E-state index in [1.54, 1.807) is 4.90 Å². The number of carboxylic acid groups (broad SMARTS) is 1. The van der Waals surface area contributed by atoms with Gasteiger partial charge in [-0.25, -0.2) is 13.8 Å². The van der Waals surface area contributed by atoms with E-state index in [0.717, 1.165) is 12.3 Å². The van der Waals surface area contributed by atoms with Crippen molar-refractivity contribution in [2.45, 2.75) is 12.5 Å². The third-order valence-electron chi connectivity index (χ3n) is 5.15. The summed E-state index contributed by atoms with van der Waals surface area (Å²) in [5.74, 6) is -2.33. The number of phosphoric ester groups is 1. The molecule has 1 saturated heterocycles. The van der Waals surface area contributed by atoms with Gasteiger partial charge in [-0.1, -0.05) is 0 Å². The maximum Gasteiger partial charge on any atom is 0.524 e. The topological polar surface area (TPSA) is 150 Å². The minimum Gasteiger partial charge on any atom is -0.477 e. The average molecular weight is 464 g/mol. The molecule has 1 aliphatic heterocycles. The number of hydrogen-bond donors (Lipinski definition) is 4. The number of benzene rings is 2. The summed E-state index contributed by atoms with van der Waals surface area (Å²) < 4.78 is 31.7. The Hall–Kier alpha value is -3.24. The van der Waals surface area contributed by atoms with Crippen LogP contribution in [0.2, 0.25) is 0 Å². The van der Waals surface area contributed by atoms with Crippen LogP contribution in [-0.2, 0) is 4.57 Å². The van der Waals surface area contributed by atoms with E-state index in [9.17, 15) is 28.8 Å². The van der Waals surface area contributed by atoms with Crippen molar-refractivity contribution in [3.05, 3.63) is 64.2 Å². The molecular weight excluding hydrogens is 446 g/mol. The van der Waals surface area contributed by atoms with Crippen molar-refractivity contribution >= 4 is 30.4 Å². The van der Waals surface area contributed by atoms with Gasteiger partial charge in [-0.05, 0) is 42.8 Å². The Labute approximate surface area is 180 Å². The van der Waals surface area contributed by atoms with E-state index in [4.69, 9.17) is 9.79 Å². The zero-order chi connectivity index (χ0) is 23.2. The molecule has 3 aromatic rings. The summed E-state index contributed by atoms with van der Waals surface area (Å²) in [6.45, 7) is 0.629. The molecule has 0 aliphatic carbocycles. The quantitative estimate of drug-likeness (QED) is 0.415. The maximum atomic E-state index is 14.8. The molecule has 168 valence electrons. The number of hydrogen-bond acceptors (Lipinski definition) is 6. The summed E-state index contributed by atoms with van der Waals surface area (Å²) in [5, 5.41) is 19.1. The molecule has 1 aromatic heterocycles. The van der Waals surface area contributed by atoms with Gasteiger partial charge < -0.3 is 24.2 Å². The zero-order valence-corrected chi connectivity index (χ0v) is 17.3. The molecule has 0 saturated carbocycles. The van der Waals surface area contributed by atoms with E-state index < -0.39 is 36.7 Å². The van der Waals surface area contributed by atoms with Gasteiger partial charge in [-0.15, -0.1) is 0 Å². The highest BCUT2D eigenvalue weighted by molar-refractivity contribution is 7.46. The van der Waals surface area contributed by atoms with E-state index in [1.807, 2.05) is 0 Å². The molecule has 2 heterocycles. The van der Waals surface area contributed by atoms with Crippen molar-refractivity contribution in [3.8, 4) is 11.4 Å². The normalized spacial score (nSPS) is 16.5. The van der Waals surface area contributed by atoms with Crippen LogP contribution in [0, 0.1) is 5.82 Å². The number of rotatable bonds is 5.